The van der Waals surface area contributed by atoms with E-state index in [1.54, 1.807) is 0 Å². The molecule has 24 heavy (non-hydrogen) atoms. The van der Waals surface area contributed by atoms with Crippen LogP contribution in [0.25, 0.3) is 0 Å². The fourth-order valence-corrected chi connectivity index (χ4v) is 5.17. The lowest BCUT2D eigenvalue weighted by Crippen LogP contribution is -2.45. The number of carbonyl (C=O) groups is 2. The summed E-state index contributed by atoms with van der Waals surface area (Å²) in [5.41, 5.74) is 0.901. The molecule has 3 unspecified atom stereocenters. The first-order chi connectivity index (χ1) is 11.5. The van der Waals surface area contributed by atoms with Gasteiger partial charge >= 0.3 is 0 Å². The zero-order valence-corrected chi connectivity index (χ0v) is 15.2. The van der Waals surface area contributed by atoms with Gasteiger partial charge < -0.3 is 10.2 Å². The van der Waals surface area contributed by atoms with Gasteiger partial charge in [0.2, 0.25) is 12.3 Å². The van der Waals surface area contributed by atoms with Crippen LogP contribution in [0.2, 0.25) is 0 Å². The van der Waals surface area contributed by atoms with Crippen molar-refractivity contribution in [3.05, 3.63) is 35.9 Å². The summed E-state index contributed by atoms with van der Waals surface area (Å²) in [6, 6.07) is 10.1. The largest absolute Gasteiger partial charge is 0.358 e. The number of piperidine rings is 1. The van der Waals surface area contributed by atoms with E-state index in [0.717, 1.165) is 12.0 Å². The molecule has 0 bridgehead atoms. The smallest absolute Gasteiger partial charge is 0.227 e. The Morgan fingerprint density at radius 2 is 2.12 bits per heavy atom. The van der Waals surface area contributed by atoms with Crippen LogP contribution in [0.1, 0.15) is 25.3 Å². The van der Waals surface area contributed by atoms with Crippen LogP contribution in [0, 0.1) is 11.8 Å². The molecule has 0 radical (unpaired) electrons. The van der Waals surface area contributed by atoms with Crippen molar-refractivity contribution in [2.24, 2.45) is 11.8 Å². The van der Waals surface area contributed by atoms with E-state index in [9.17, 15) is 9.59 Å². The van der Waals surface area contributed by atoms with Crippen molar-refractivity contribution < 1.29 is 9.59 Å². The lowest BCUT2D eigenvalue weighted by molar-refractivity contribution is -0.136. The molecule has 2 aliphatic rings. The second-order valence-electron chi connectivity index (χ2n) is 6.68. The number of nitrogens with zero attached hydrogens (tertiary/aromatic N) is 1. The highest BCUT2D eigenvalue weighted by Crippen LogP contribution is 2.72. The Labute approximate surface area is 152 Å². The van der Waals surface area contributed by atoms with E-state index in [1.807, 2.05) is 30.0 Å². The van der Waals surface area contributed by atoms with Gasteiger partial charge in [-0.25, -0.2) is 0 Å². The summed E-state index contributed by atoms with van der Waals surface area (Å²) in [7, 11) is 0. The van der Waals surface area contributed by atoms with Gasteiger partial charge in [-0.1, -0.05) is 37.3 Å². The number of hydrogen-bond donors (Lipinski definition) is 1. The molecule has 130 valence electrons. The minimum atomic E-state index is -0.827. The van der Waals surface area contributed by atoms with Crippen molar-refractivity contribution in [1.29, 1.82) is 0 Å². The molecule has 4 nitrogen and oxygen atoms in total. The molecule has 1 aromatic carbocycles. The quantitative estimate of drug-likeness (QED) is 0.619. The summed E-state index contributed by atoms with van der Waals surface area (Å²) < 4.78 is -0.827. The third kappa shape index (κ3) is 2.60. The molecular formula is C18H22Cl2N2O2. The Bertz CT molecular complexity index is 623. The van der Waals surface area contributed by atoms with Crippen LogP contribution in [-0.4, -0.2) is 41.2 Å². The standard InChI is InChI=1S/C18H22Cl2N2O2/c1-2-13(10-21-12-23)16(24)22-9-8-17(14-6-4-3-5-7-14)15(11-22)18(17,19)20/h3-7,12-13,15H,2,8-11H2,1H3,(H,21,23). The monoisotopic (exact) mass is 368 g/mol. The second-order valence-corrected chi connectivity index (χ2v) is 8.06. The molecule has 2 fully saturated rings. The van der Waals surface area contributed by atoms with Crippen LogP contribution in [0.15, 0.2) is 30.3 Å². The molecule has 0 aromatic heterocycles. The van der Waals surface area contributed by atoms with Crippen molar-refractivity contribution in [3.63, 3.8) is 0 Å². The Hall–Kier alpha value is -1.26. The van der Waals surface area contributed by atoms with E-state index in [4.69, 9.17) is 23.2 Å². The fraction of sp³-hybridized carbons (Fsp3) is 0.556. The first-order valence-electron chi connectivity index (χ1n) is 8.38. The van der Waals surface area contributed by atoms with E-state index in [1.165, 1.54) is 0 Å². The predicted molar refractivity (Wildman–Crippen MR) is 95.1 cm³/mol. The Morgan fingerprint density at radius 3 is 2.71 bits per heavy atom. The first kappa shape index (κ1) is 17.6. The van der Waals surface area contributed by atoms with Gasteiger partial charge in [-0.15, -0.1) is 23.2 Å². The second kappa shape index (κ2) is 6.57. The van der Waals surface area contributed by atoms with Crippen LogP contribution in [0.4, 0.5) is 0 Å². The molecule has 1 saturated heterocycles. The molecule has 1 aliphatic carbocycles. The van der Waals surface area contributed by atoms with Gasteiger partial charge in [0.25, 0.3) is 0 Å². The third-order valence-corrected chi connectivity index (χ3v) is 6.81. The molecule has 2 amide bonds. The molecule has 3 rings (SSSR count). The van der Waals surface area contributed by atoms with Crippen LogP contribution < -0.4 is 5.32 Å². The third-order valence-electron chi connectivity index (χ3n) is 5.61. The first-order valence-corrected chi connectivity index (χ1v) is 9.13. The van der Waals surface area contributed by atoms with Crippen LogP contribution >= 0.6 is 23.2 Å². The van der Waals surface area contributed by atoms with E-state index < -0.39 is 4.33 Å². The minimum absolute atomic E-state index is 0.0463. The number of amides is 2. The maximum Gasteiger partial charge on any atom is 0.227 e. The molecule has 1 saturated carbocycles. The van der Waals surface area contributed by atoms with Crippen molar-refractivity contribution in [3.8, 4) is 0 Å². The summed E-state index contributed by atoms with van der Waals surface area (Å²) >= 11 is 13.3. The van der Waals surface area contributed by atoms with Gasteiger partial charge in [-0.3, -0.25) is 9.59 Å². The predicted octanol–water partition coefficient (Wildman–Crippen LogP) is 2.73. The van der Waals surface area contributed by atoms with E-state index in [0.29, 0.717) is 32.5 Å². The topological polar surface area (TPSA) is 49.4 Å². The SMILES string of the molecule is CCC(CNC=O)C(=O)N1CCC2(c3ccccc3)C(C1)C2(Cl)Cl. The molecule has 1 N–H and O–H groups in total. The highest BCUT2D eigenvalue weighted by molar-refractivity contribution is 6.52. The van der Waals surface area contributed by atoms with Crippen LogP contribution in [-0.2, 0) is 15.0 Å². The number of fused-ring (bicyclic) bond motifs is 1. The van der Waals surface area contributed by atoms with Gasteiger partial charge in [0.05, 0.1) is 5.92 Å². The molecule has 1 aromatic rings. The maximum absolute atomic E-state index is 12.7. The van der Waals surface area contributed by atoms with E-state index >= 15 is 0 Å². The number of hydrogen-bond acceptors (Lipinski definition) is 2. The summed E-state index contributed by atoms with van der Waals surface area (Å²) in [5, 5.41) is 2.61. The molecule has 0 spiro atoms. The lowest BCUT2D eigenvalue weighted by Gasteiger charge is -2.33. The number of rotatable bonds is 6. The van der Waals surface area contributed by atoms with Gasteiger partial charge in [-0.05, 0) is 18.4 Å². The molecular weight excluding hydrogens is 347 g/mol. The minimum Gasteiger partial charge on any atom is -0.358 e. The van der Waals surface area contributed by atoms with E-state index in [2.05, 4.69) is 17.4 Å². The van der Waals surface area contributed by atoms with Gasteiger partial charge in [0.1, 0.15) is 4.33 Å². The molecule has 1 aliphatic heterocycles. The number of likely N-dealkylation sites (tertiary alicyclic amines) is 1. The number of nitrogens with one attached hydrogen (secondary N) is 1. The number of carbonyl (C=O) groups excluding carboxylic acids is 2. The highest BCUT2D eigenvalue weighted by atomic mass is 35.5. The number of alkyl halides is 2. The average molecular weight is 369 g/mol. The van der Waals surface area contributed by atoms with E-state index in [-0.39, 0.29) is 23.2 Å². The Morgan fingerprint density at radius 1 is 1.42 bits per heavy atom. The van der Waals surface area contributed by atoms with Gasteiger partial charge in [0, 0.05) is 31.0 Å². The highest BCUT2D eigenvalue weighted by Gasteiger charge is 2.77. The lowest BCUT2D eigenvalue weighted by atomic mass is 9.87. The van der Waals surface area contributed by atoms with Crippen molar-refractivity contribution in [2.75, 3.05) is 19.6 Å². The number of halogens is 2. The molecule has 1 heterocycles. The summed E-state index contributed by atoms with van der Waals surface area (Å²) in [4.78, 5) is 25.1. The van der Waals surface area contributed by atoms with Crippen molar-refractivity contribution in [2.45, 2.75) is 29.5 Å². The van der Waals surface area contributed by atoms with Gasteiger partial charge in [-0.2, -0.15) is 0 Å². The zero-order chi connectivity index (χ0) is 17.4. The summed E-state index contributed by atoms with van der Waals surface area (Å²) in [6.45, 7) is 3.54. The average Bonchev–Trinajstić information content (AvgIpc) is 3.12. The van der Waals surface area contributed by atoms with Gasteiger partial charge in [0.15, 0.2) is 0 Å². The van der Waals surface area contributed by atoms with Crippen molar-refractivity contribution >= 4 is 35.5 Å². The Kier molecular flexibility index (Phi) is 4.80. The molecule has 6 heteroatoms. The zero-order valence-electron chi connectivity index (χ0n) is 13.7. The Balaban J connectivity index is 1.74. The number of benzene rings is 1. The fourth-order valence-electron chi connectivity index (χ4n) is 4.10. The van der Waals surface area contributed by atoms with Crippen LogP contribution in [0.3, 0.4) is 0 Å². The van der Waals surface area contributed by atoms with Crippen LogP contribution in [0.5, 0.6) is 0 Å². The maximum atomic E-state index is 12.7. The van der Waals surface area contributed by atoms with Crippen molar-refractivity contribution in [1.82, 2.24) is 10.2 Å². The summed E-state index contributed by atoms with van der Waals surface area (Å²) in [6.07, 6.45) is 2.09. The molecule has 3 atom stereocenters. The normalized spacial score (nSPS) is 28.6. The summed E-state index contributed by atoms with van der Waals surface area (Å²) in [5.74, 6) is -0.0762.